The van der Waals surface area contributed by atoms with Crippen molar-refractivity contribution in [2.75, 3.05) is 19.8 Å². The van der Waals surface area contributed by atoms with Crippen molar-refractivity contribution in [3.8, 4) is 0 Å². The van der Waals surface area contributed by atoms with Gasteiger partial charge < -0.3 is 13.8 Å². The van der Waals surface area contributed by atoms with Crippen LogP contribution in [0.1, 0.15) is 45.2 Å². The number of rotatable bonds is 6. The highest BCUT2D eigenvalue weighted by atomic mass is 31.2. The van der Waals surface area contributed by atoms with Gasteiger partial charge in [0.25, 0.3) is 0 Å². The van der Waals surface area contributed by atoms with Crippen LogP contribution in [0.25, 0.3) is 0 Å². The van der Waals surface area contributed by atoms with Gasteiger partial charge in [-0.2, -0.15) is 0 Å². The molecule has 128 valence electrons. The zero-order valence-electron chi connectivity index (χ0n) is 14.1. The zero-order chi connectivity index (χ0) is 16.5. The van der Waals surface area contributed by atoms with E-state index in [9.17, 15) is 4.57 Å². The normalized spacial score (nSPS) is 31.4. The fourth-order valence-electron chi connectivity index (χ4n) is 3.82. The molecule has 2 saturated heterocycles. The van der Waals surface area contributed by atoms with Crippen molar-refractivity contribution in [1.29, 1.82) is 0 Å². The Balaban J connectivity index is 1.97. The Morgan fingerprint density at radius 2 is 1.91 bits per heavy atom. The number of hydrogen-bond donors (Lipinski definition) is 0. The van der Waals surface area contributed by atoms with Crippen LogP contribution in [0.2, 0.25) is 0 Å². The van der Waals surface area contributed by atoms with Crippen molar-refractivity contribution >= 4 is 7.60 Å². The summed E-state index contributed by atoms with van der Waals surface area (Å²) in [6.45, 7) is 7.09. The number of ether oxygens (including phenoxy) is 1. The molecular formula is C17H26NO4P. The van der Waals surface area contributed by atoms with Gasteiger partial charge in [-0.3, -0.25) is 9.46 Å². The Labute approximate surface area is 138 Å². The van der Waals surface area contributed by atoms with E-state index < -0.39 is 12.9 Å². The van der Waals surface area contributed by atoms with Crippen LogP contribution in [0, 0.1) is 0 Å². The van der Waals surface area contributed by atoms with Crippen molar-refractivity contribution in [2.24, 2.45) is 0 Å². The molecule has 2 aliphatic rings. The molecule has 6 heteroatoms. The third-order valence-electron chi connectivity index (χ3n) is 4.89. The van der Waals surface area contributed by atoms with Crippen LogP contribution in [0.5, 0.6) is 0 Å². The van der Waals surface area contributed by atoms with E-state index in [-0.39, 0.29) is 12.3 Å². The minimum absolute atomic E-state index is 0.0144. The molecule has 2 fully saturated rings. The first-order chi connectivity index (χ1) is 11.1. The van der Waals surface area contributed by atoms with E-state index in [2.05, 4.69) is 17.0 Å². The summed E-state index contributed by atoms with van der Waals surface area (Å²) >= 11 is 0. The van der Waals surface area contributed by atoms with Gasteiger partial charge in [-0.25, -0.2) is 0 Å². The highest BCUT2D eigenvalue weighted by Gasteiger charge is 2.61. The monoisotopic (exact) mass is 339 g/mol. The van der Waals surface area contributed by atoms with Gasteiger partial charge in [0.05, 0.1) is 25.9 Å². The first kappa shape index (κ1) is 17.1. The standard InChI is InChI=1S/C17H26NO4P/c1-4-21-23(19,22-5-2)17(3)12-11-16-18(17)15(13-20-16)14-9-7-6-8-10-14/h6-10,15-16H,4-5,11-13H2,1-3H3/t15-,16-,17-/m0/s1. The minimum atomic E-state index is -3.26. The molecule has 0 N–H and O–H groups in total. The summed E-state index contributed by atoms with van der Waals surface area (Å²) in [5.41, 5.74) is 1.18. The largest absolute Gasteiger partial charge is 0.361 e. The summed E-state index contributed by atoms with van der Waals surface area (Å²) in [6.07, 6.45) is 1.59. The zero-order valence-corrected chi connectivity index (χ0v) is 15.0. The Morgan fingerprint density at radius 1 is 1.26 bits per heavy atom. The first-order valence-corrected chi connectivity index (χ1v) is 9.94. The Morgan fingerprint density at radius 3 is 2.52 bits per heavy atom. The summed E-state index contributed by atoms with van der Waals surface area (Å²) in [4.78, 5) is 2.23. The number of nitrogens with zero attached hydrogens (tertiary/aromatic N) is 1. The molecule has 2 aliphatic heterocycles. The summed E-state index contributed by atoms with van der Waals surface area (Å²) in [5, 5.41) is -0.652. The Bertz CT molecular complexity index is 571. The van der Waals surface area contributed by atoms with Crippen LogP contribution < -0.4 is 0 Å². The van der Waals surface area contributed by atoms with Crippen LogP contribution in [-0.4, -0.2) is 36.2 Å². The fraction of sp³-hybridized carbons (Fsp3) is 0.647. The van der Waals surface area contributed by atoms with Gasteiger partial charge >= 0.3 is 7.60 Å². The quantitative estimate of drug-likeness (QED) is 0.728. The molecule has 23 heavy (non-hydrogen) atoms. The topological polar surface area (TPSA) is 48.0 Å². The molecule has 0 aromatic heterocycles. The van der Waals surface area contributed by atoms with E-state index in [0.29, 0.717) is 19.8 Å². The van der Waals surface area contributed by atoms with E-state index in [4.69, 9.17) is 13.8 Å². The molecule has 0 saturated carbocycles. The van der Waals surface area contributed by atoms with Gasteiger partial charge in [0.2, 0.25) is 0 Å². The molecule has 2 heterocycles. The average Bonchev–Trinajstić information content (AvgIpc) is 3.11. The van der Waals surface area contributed by atoms with Crippen molar-refractivity contribution in [3.05, 3.63) is 35.9 Å². The molecule has 0 aliphatic carbocycles. The maximum Gasteiger partial charge on any atom is 0.350 e. The van der Waals surface area contributed by atoms with Crippen molar-refractivity contribution < 1.29 is 18.3 Å². The van der Waals surface area contributed by atoms with Gasteiger partial charge in [0.15, 0.2) is 0 Å². The first-order valence-electron chi connectivity index (χ1n) is 8.40. The van der Waals surface area contributed by atoms with E-state index in [1.165, 1.54) is 5.56 Å². The number of fused-ring (bicyclic) bond motifs is 1. The average molecular weight is 339 g/mol. The van der Waals surface area contributed by atoms with E-state index in [1.807, 2.05) is 39.0 Å². The fourth-order valence-corrected chi connectivity index (χ4v) is 6.09. The predicted molar refractivity (Wildman–Crippen MR) is 89.3 cm³/mol. The van der Waals surface area contributed by atoms with Crippen LogP contribution in [0.15, 0.2) is 30.3 Å². The molecule has 5 nitrogen and oxygen atoms in total. The molecule has 0 unspecified atom stereocenters. The molecule has 0 amide bonds. The maximum absolute atomic E-state index is 13.5. The molecule has 0 bridgehead atoms. The molecule has 3 atom stereocenters. The molecular weight excluding hydrogens is 313 g/mol. The van der Waals surface area contributed by atoms with E-state index in [1.54, 1.807) is 0 Å². The molecule has 0 radical (unpaired) electrons. The van der Waals surface area contributed by atoms with E-state index in [0.717, 1.165) is 12.8 Å². The summed E-state index contributed by atoms with van der Waals surface area (Å²) in [6, 6.07) is 10.3. The van der Waals surface area contributed by atoms with Gasteiger partial charge in [-0.05, 0) is 39.2 Å². The third-order valence-corrected chi connectivity index (χ3v) is 7.72. The highest BCUT2D eigenvalue weighted by Crippen LogP contribution is 2.68. The SMILES string of the molecule is CCOP(=O)(OCC)[C@@]1(C)CC[C@@H]2OC[C@@H](c3ccccc3)N21. The van der Waals surface area contributed by atoms with Gasteiger partial charge in [-0.1, -0.05) is 30.3 Å². The Hall–Kier alpha value is -0.710. The Kier molecular flexibility index (Phi) is 4.96. The maximum atomic E-state index is 13.5. The van der Waals surface area contributed by atoms with Gasteiger partial charge in [-0.15, -0.1) is 0 Å². The van der Waals surface area contributed by atoms with Crippen molar-refractivity contribution in [1.82, 2.24) is 4.90 Å². The van der Waals surface area contributed by atoms with Crippen LogP contribution in [-0.2, 0) is 18.3 Å². The molecule has 1 aromatic rings. The number of hydrogen-bond acceptors (Lipinski definition) is 5. The molecule has 3 rings (SSSR count). The van der Waals surface area contributed by atoms with Crippen molar-refractivity contribution in [2.45, 2.75) is 51.2 Å². The van der Waals surface area contributed by atoms with Gasteiger partial charge in [0, 0.05) is 0 Å². The summed E-state index contributed by atoms with van der Waals surface area (Å²) in [7, 11) is -3.26. The minimum Gasteiger partial charge on any atom is -0.361 e. The lowest BCUT2D eigenvalue weighted by molar-refractivity contribution is 0.0311. The number of benzene rings is 1. The van der Waals surface area contributed by atoms with Crippen LogP contribution in [0.3, 0.4) is 0 Å². The lowest BCUT2D eigenvalue weighted by Gasteiger charge is -2.41. The van der Waals surface area contributed by atoms with Crippen LogP contribution in [0.4, 0.5) is 0 Å². The lowest BCUT2D eigenvalue weighted by Crippen LogP contribution is -2.44. The second-order valence-electron chi connectivity index (χ2n) is 6.21. The van der Waals surface area contributed by atoms with Crippen LogP contribution >= 0.6 is 7.60 Å². The second kappa shape index (κ2) is 6.66. The summed E-state index contributed by atoms with van der Waals surface area (Å²) in [5.74, 6) is 0. The smallest absolute Gasteiger partial charge is 0.350 e. The molecule has 0 spiro atoms. The van der Waals surface area contributed by atoms with Gasteiger partial charge in [0.1, 0.15) is 11.5 Å². The molecule has 1 aromatic carbocycles. The lowest BCUT2D eigenvalue weighted by atomic mass is 10.1. The predicted octanol–water partition coefficient (Wildman–Crippen LogP) is 4.16. The third kappa shape index (κ3) is 2.79. The summed E-state index contributed by atoms with van der Waals surface area (Å²) < 4.78 is 30.9. The van der Waals surface area contributed by atoms with Crippen molar-refractivity contribution in [3.63, 3.8) is 0 Å². The second-order valence-corrected chi connectivity index (χ2v) is 8.69. The highest BCUT2D eigenvalue weighted by molar-refractivity contribution is 7.55. The van der Waals surface area contributed by atoms with E-state index >= 15 is 0 Å².